The van der Waals surface area contributed by atoms with Crippen molar-refractivity contribution in [1.29, 1.82) is 0 Å². The van der Waals surface area contributed by atoms with Crippen LogP contribution in [-0.2, 0) is 4.74 Å². The van der Waals surface area contributed by atoms with Crippen molar-refractivity contribution in [3.8, 4) is 0 Å². The predicted molar refractivity (Wildman–Crippen MR) is 65.7 cm³/mol. The maximum absolute atomic E-state index is 5.39. The molecule has 94 valence electrons. The number of hydrogen-bond donors (Lipinski definition) is 0. The second-order valence-corrected chi connectivity index (χ2v) is 3.62. The van der Waals surface area contributed by atoms with Crippen LogP contribution in [0.5, 0.6) is 0 Å². The second-order valence-electron chi connectivity index (χ2n) is 3.62. The van der Waals surface area contributed by atoms with E-state index in [9.17, 15) is 0 Å². The Kier molecular flexibility index (Phi) is 15.5. The fraction of sp³-hybridized carbons (Fsp3) is 0.615. The quantitative estimate of drug-likeness (QED) is 0.160. The number of ether oxygens (including phenoxy) is 1. The van der Waals surface area contributed by atoms with Crippen molar-refractivity contribution in [2.24, 2.45) is 0 Å². The molecule has 0 atom stereocenters. The fourth-order valence-electron chi connectivity index (χ4n) is 1.35. The molecule has 0 aliphatic heterocycles. The normalized spacial score (nSPS) is 8.74. The molecular formula is C13H19Li2N3O. The molecule has 0 aliphatic rings. The van der Waals surface area contributed by atoms with E-state index in [0.29, 0.717) is 12.5 Å². The Bertz CT molecular complexity index is 360. The zero-order valence-electron chi connectivity index (χ0n) is 12.6. The fourth-order valence-corrected chi connectivity index (χ4v) is 1.35. The van der Waals surface area contributed by atoms with Crippen LogP contribution in [0.3, 0.4) is 0 Å². The molecule has 1 heterocycles. The van der Waals surface area contributed by atoms with E-state index in [1.807, 2.05) is 6.92 Å². The molecule has 0 N–H and O–H groups in total. The number of allylic oxidation sites excluding steroid dienone is 1. The third kappa shape index (κ3) is 9.23. The molecule has 1 aromatic rings. The molecule has 0 bridgehead atoms. The first-order valence-electron chi connectivity index (χ1n) is 6.15. The molecule has 1 rings (SSSR count). The summed E-state index contributed by atoms with van der Waals surface area (Å²) in [5.41, 5.74) is 2.97. The molecule has 0 saturated heterocycles. The van der Waals surface area contributed by atoms with E-state index in [1.165, 1.54) is 30.3 Å². The Morgan fingerprint density at radius 2 is 2.11 bits per heavy atom. The maximum Gasteiger partial charge on any atom is 1.00 e. The largest absolute Gasteiger partial charge is 1.00 e. The minimum absolute atomic E-state index is 0. The van der Waals surface area contributed by atoms with Crippen LogP contribution in [0.2, 0.25) is 0 Å². The van der Waals surface area contributed by atoms with Gasteiger partial charge in [0.25, 0.3) is 0 Å². The molecule has 0 aliphatic carbocycles. The molecule has 0 unspecified atom stereocenters. The van der Waals surface area contributed by atoms with Crippen molar-refractivity contribution < 1.29 is 42.5 Å². The first kappa shape index (κ1) is 21.0. The summed E-state index contributed by atoms with van der Waals surface area (Å²) in [6.07, 6.45) is 13.0. The monoisotopic (exact) mass is 247 g/mol. The van der Waals surface area contributed by atoms with E-state index in [2.05, 4.69) is 35.1 Å². The van der Waals surface area contributed by atoms with Gasteiger partial charge in [-0.3, -0.25) is 0 Å². The van der Waals surface area contributed by atoms with E-state index < -0.39 is 0 Å². The van der Waals surface area contributed by atoms with Gasteiger partial charge < -0.3 is 14.4 Å². The zero-order valence-corrected chi connectivity index (χ0v) is 12.6. The molecule has 0 aromatic carbocycles. The van der Waals surface area contributed by atoms with Gasteiger partial charge in [0.2, 0.25) is 0 Å². The number of aromatic nitrogens is 3. The number of nitrogens with zero attached hydrogens (tertiary/aromatic N) is 3. The van der Waals surface area contributed by atoms with Crippen LogP contribution in [-0.4, -0.2) is 21.4 Å². The number of rotatable bonds is 8. The Morgan fingerprint density at radius 1 is 1.32 bits per heavy atom. The van der Waals surface area contributed by atoms with Crippen molar-refractivity contribution in [3.05, 3.63) is 24.5 Å². The molecule has 0 spiro atoms. The van der Waals surface area contributed by atoms with Gasteiger partial charge in [-0.15, -0.1) is 6.42 Å². The number of hydrogen-bond acceptors (Lipinski definition) is 3. The van der Waals surface area contributed by atoms with Crippen molar-refractivity contribution in [2.75, 3.05) is 6.61 Å². The molecule has 19 heavy (non-hydrogen) atoms. The average molecular weight is 247 g/mol. The minimum atomic E-state index is 0. The van der Waals surface area contributed by atoms with Crippen LogP contribution in [0.1, 0.15) is 46.0 Å². The van der Waals surface area contributed by atoms with Gasteiger partial charge in [-0.1, -0.05) is 32.6 Å². The van der Waals surface area contributed by atoms with Gasteiger partial charge in [0.1, 0.15) is 5.88 Å². The van der Waals surface area contributed by atoms with Crippen LogP contribution in [0.15, 0.2) is 12.1 Å². The van der Waals surface area contributed by atoms with Gasteiger partial charge in [-0.05, 0) is 6.92 Å². The van der Waals surface area contributed by atoms with Crippen LogP contribution < -0.4 is 37.7 Å². The summed E-state index contributed by atoms with van der Waals surface area (Å²) in [6.45, 7) is 4.68. The molecule has 6 heteroatoms. The summed E-state index contributed by atoms with van der Waals surface area (Å²) in [5.74, 6) is 0.500. The smallest absolute Gasteiger partial charge is 0.529 e. The summed E-state index contributed by atoms with van der Waals surface area (Å²) < 4.78 is 6.82. The van der Waals surface area contributed by atoms with Gasteiger partial charge in [0.15, 0.2) is 0 Å². The van der Waals surface area contributed by atoms with E-state index in [1.54, 1.807) is 0 Å². The summed E-state index contributed by atoms with van der Waals surface area (Å²) in [5, 5.41) is 3.95. The van der Waals surface area contributed by atoms with Crippen LogP contribution in [0.25, 0.3) is 5.88 Å². The van der Waals surface area contributed by atoms with Gasteiger partial charge >= 0.3 is 37.7 Å². The van der Waals surface area contributed by atoms with E-state index >= 15 is 0 Å². The van der Waals surface area contributed by atoms with Gasteiger partial charge in [0, 0.05) is 12.7 Å². The second kappa shape index (κ2) is 14.1. The van der Waals surface area contributed by atoms with E-state index in [0.717, 1.165) is 12.8 Å². The van der Waals surface area contributed by atoms with Crippen molar-refractivity contribution >= 4 is 5.88 Å². The third-order valence-corrected chi connectivity index (χ3v) is 2.20. The van der Waals surface area contributed by atoms with Gasteiger partial charge in [-0.25, -0.2) is 16.9 Å². The molecular weight excluding hydrogens is 228 g/mol. The zero-order chi connectivity index (χ0) is 12.3. The van der Waals surface area contributed by atoms with Crippen LogP contribution in [0, 0.1) is 12.4 Å². The van der Waals surface area contributed by atoms with E-state index in [4.69, 9.17) is 4.74 Å². The Balaban J connectivity index is 0. The molecule has 0 amide bonds. The maximum atomic E-state index is 5.39. The van der Waals surface area contributed by atoms with Gasteiger partial charge in [0.05, 0.1) is 6.61 Å². The first-order chi connectivity index (χ1) is 8.38. The van der Waals surface area contributed by atoms with Crippen molar-refractivity contribution in [2.45, 2.75) is 46.0 Å². The topological polar surface area (TPSA) is 39.9 Å². The minimum Gasteiger partial charge on any atom is -0.529 e. The standard InChI is InChI=1S/C13H19N3O.2Li/c1-3-5-6-7-8-9-10-13(17-4-2)16-12-14-11-15-16;;/h11H,3-8H2,1-2H3;;/q-2;2*+1. The molecule has 0 saturated carbocycles. The van der Waals surface area contributed by atoms with Crippen LogP contribution in [0.4, 0.5) is 0 Å². The summed E-state index contributed by atoms with van der Waals surface area (Å²) in [4.78, 5) is 3.75. The predicted octanol–water partition coefficient (Wildman–Crippen LogP) is -3.15. The Morgan fingerprint density at radius 3 is 2.68 bits per heavy atom. The van der Waals surface area contributed by atoms with Gasteiger partial charge in [-0.2, -0.15) is 0 Å². The van der Waals surface area contributed by atoms with Crippen LogP contribution >= 0.6 is 0 Å². The Hall–Kier alpha value is -0.345. The third-order valence-electron chi connectivity index (χ3n) is 2.20. The summed E-state index contributed by atoms with van der Waals surface area (Å²) >= 11 is 0. The van der Waals surface area contributed by atoms with Crippen molar-refractivity contribution in [3.63, 3.8) is 0 Å². The SMILES string of the molecule is CCCCCC[C-]=C=C(OCC)n1[c-]ncn1.[Li+].[Li+]. The first-order valence-corrected chi connectivity index (χ1v) is 6.15. The summed E-state index contributed by atoms with van der Waals surface area (Å²) in [6, 6.07) is 0. The molecule has 4 nitrogen and oxygen atoms in total. The van der Waals surface area contributed by atoms with Crippen molar-refractivity contribution in [1.82, 2.24) is 14.8 Å². The molecule has 1 aromatic heterocycles. The molecule has 0 fully saturated rings. The Labute approximate surface area is 140 Å². The average Bonchev–Trinajstić information content (AvgIpc) is 2.86. The summed E-state index contributed by atoms with van der Waals surface area (Å²) in [7, 11) is 0. The van der Waals surface area contributed by atoms with E-state index in [-0.39, 0.29) is 37.7 Å². The molecule has 0 radical (unpaired) electrons. The number of unbranched alkanes of at least 4 members (excludes halogenated alkanes) is 4.